The van der Waals surface area contributed by atoms with Gasteiger partial charge >= 0.3 is 0 Å². The van der Waals surface area contributed by atoms with Crippen molar-refractivity contribution in [3.8, 4) is 28.6 Å². The van der Waals surface area contributed by atoms with Crippen LogP contribution in [-0.4, -0.2) is 137 Å². The molecule has 0 spiro atoms. The number of aromatic hydroxyl groups is 2. The summed E-state index contributed by atoms with van der Waals surface area (Å²) in [5.74, 6) is -1.51. The molecule has 3 aliphatic rings. The van der Waals surface area contributed by atoms with Crippen molar-refractivity contribution < 1.29 is 79.2 Å². The quantitative estimate of drug-likeness (QED) is 0.121. The molecule has 10 N–H and O–H groups in total. The highest BCUT2D eigenvalue weighted by molar-refractivity contribution is 5.88. The van der Waals surface area contributed by atoms with E-state index in [9.17, 15) is 55.9 Å². The van der Waals surface area contributed by atoms with Crippen molar-refractivity contribution in [1.29, 1.82) is 0 Å². The number of aliphatic hydroxyl groups excluding tert-OH is 8. The zero-order valence-electron chi connectivity index (χ0n) is 27.0. The normalized spacial score (nSPS) is 36.1. The molecule has 6 rings (SSSR count). The second-order valence-electron chi connectivity index (χ2n) is 12.9. The molecule has 17 nitrogen and oxygen atoms in total. The zero-order chi connectivity index (χ0) is 36.3. The molecule has 0 radical (unpaired) electrons. The van der Waals surface area contributed by atoms with Crippen LogP contribution in [0.3, 0.4) is 0 Å². The maximum Gasteiger partial charge on any atom is 0.239 e. The smallest absolute Gasteiger partial charge is 0.239 e. The van der Waals surface area contributed by atoms with Gasteiger partial charge in [-0.2, -0.15) is 0 Å². The van der Waals surface area contributed by atoms with Crippen LogP contribution in [0.1, 0.15) is 32.4 Å². The SMILES string of the molecule is CC(O)C1OC(Oc2c(-c3ccc(O)cc3)oc3cc(C4OC(C(C)OC5OC(C(C)O)C(O)C5O)C(O)C4O)cc(O)c3c2=O)C(O)C1O. The minimum atomic E-state index is -1.69. The van der Waals surface area contributed by atoms with Crippen LogP contribution in [-0.2, 0) is 18.9 Å². The highest BCUT2D eigenvalue weighted by Crippen LogP contribution is 2.42. The fourth-order valence-corrected chi connectivity index (χ4v) is 6.50. The average molecular weight is 709 g/mol. The summed E-state index contributed by atoms with van der Waals surface area (Å²) in [5, 5.41) is 104. The second-order valence-corrected chi connectivity index (χ2v) is 12.9. The highest BCUT2D eigenvalue weighted by Gasteiger charge is 2.51. The van der Waals surface area contributed by atoms with Gasteiger partial charge in [-0.05, 0) is 62.7 Å². The minimum absolute atomic E-state index is 0.0731. The number of phenols is 2. The van der Waals surface area contributed by atoms with Gasteiger partial charge in [0, 0.05) is 5.56 Å². The molecular weight excluding hydrogens is 668 g/mol. The third kappa shape index (κ3) is 6.45. The van der Waals surface area contributed by atoms with Gasteiger partial charge in [-0.15, -0.1) is 0 Å². The van der Waals surface area contributed by atoms with E-state index in [1.807, 2.05) is 0 Å². The van der Waals surface area contributed by atoms with Crippen molar-refractivity contribution in [2.75, 3.05) is 0 Å². The third-order valence-corrected chi connectivity index (χ3v) is 9.22. The molecule has 3 saturated heterocycles. The lowest BCUT2D eigenvalue weighted by atomic mass is 9.98. The number of phenolic OH excluding ortho intramolecular Hbond substituents is 2. The lowest BCUT2D eigenvalue weighted by molar-refractivity contribution is -0.220. The van der Waals surface area contributed by atoms with E-state index in [0.29, 0.717) is 0 Å². The van der Waals surface area contributed by atoms with E-state index in [-0.39, 0.29) is 33.6 Å². The summed E-state index contributed by atoms with van der Waals surface area (Å²) in [4.78, 5) is 13.9. The number of benzene rings is 2. The van der Waals surface area contributed by atoms with E-state index in [1.165, 1.54) is 51.1 Å². The van der Waals surface area contributed by atoms with E-state index in [4.69, 9.17) is 28.1 Å². The zero-order valence-corrected chi connectivity index (χ0v) is 27.0. The van der Waals surface area contributed by atoms with Crippen molar-refractivity contribution >= 4 is 11.0 Å². The first-order valence-electron chi connectivity index (χ1n) is 15.9. The van der Waals surface area contributed by atoms with E-state index in [0.717, 1.165) is 6.07 Å². The molecule has 274 valence electrons. The molecule has 50 heavy (non-hydrogen) atoms. The number of fused-ring (bicyclic) bond motifs is 1. The Bertz CT molecular complexity index is 1730. The summed E-state index contributed by atoms with van der Waals surface area (Å²) in [6, 6.07) is 7.81. The van der Waals surface area contributed by atoms with Gasteiger partial charge in [0.2, 0.25) is 17.5 Å². The molecule has 15 atom stereocenters. The van der Waals surface area contributed by atoms with Gasteiger partial charge in [-0.1, -0.05) is 0 Å². The first-order chi connectivity index (χ1) is 23.6. The molecule has 3 aliphatic heterocycles. The van der Waals surface area contributed by atoms with E-state index >= 15 is 0 Å². The largest absolute Gasteiger partial charge is 0.508 e. The Balaban J connectivity index is 1.33. The maximum atomic E-state index is 13.9. The molecule has 2 aromatic carbocycles. The van der Waals surface area contributed by atoms with Gasteiger partial charge in [-0.25, -0.2) is 0 Å². The molecule has 15 unspecified atom stereocenters. The van der Waals surface area contributed by atoms with E-state index in [1.54, 1.807) is 0 Å². The third-order valence-electron chi connectivity index (χ3n) is 9.22. The van der Waals surface area contributed by atoms with Crippen LogP contribution in [0.15, 0.2) is 45.6 Å². The van der Waals surface area contributed by atoms with Gasteiger partial charge in [0.1, 0.15) is 83.5 Å². The molecule has 0 saturated carbocycles. The standard InChI is InChI=1S/C33H40O17/c1-10(34)26-22(41)24(43)32(48-26)45-12(3)28-20(39)21(40)29(47-28)14-8-16(37)18-17(9-14)46-30(13-4-6-15(36)7-5-13)31(19(18)38)50-33-25(44)23(42)27(49-33)11(2)35/h4-12,20-29,32-37,39-44H,1-3H3. The summed E-state index contributed by atoms with van der Waals surface area (Å²) >= 11 is 0. The number of aliphatic hydroxyl groups is 8. The average Bonchev–Trinajstić information content (AvgIpc) is 3.64. The summed E-state index contributed by atoms with van der Waals surface area (Å²) < 4.78 is 34.4. The molecule has 0 aliphatic carbocycles. The maximum absolute atomic E-state index is 13.9. The summed E-state index contributed by atoms with van der Waals surface area (Å²) in [7, 11) is 0. The van der Waals surface area contributed by atoms with Gasteiger partial charge in [0.25, 0.3) is 0 Å². The molecule has 3 fully saturated rings. The van der Waals surface area contributed by atoms with Crippen LogP contribution < -0.4 is 10.2 Å². The lowest BCUT2D eigenvalue weighted by Crippen LogP contribution is -2.42. The fraction of sp³-hybridized carbons (Fsp3) is 0.545. The Morgan fingerprint density at radius 3 is 1.84 bits per heavy atom. The monoisotopic (exact) mass is 708 g/mol. The number of rotatable bonds is 9. The number of hydrogen-bond donors (Lipinski definition) is 10. The van der Waals surface area contributed by atoms with Crippen LogP contribution in [0.4, 0.5) is 0 Å². The molecule has 4 heterocycles. The summed E-state index contributed by atoms with van der Waals surface area (Å²) in [5.41, 5.74) is -0.859. The van der Waals surface area contributed by atoms with Gasteiger partial charge in [-0.3, -0.25) is 4.79 Å². The van der Waals surface area contributed by atoms with Crippen molar-refractivity contribution in [3.63, 3.8) is 0 Å². The van der Waals surface area contributed by atoms with Crippen LogP contribution >= 0.6 is 0 Å². The number of hydrogen-bond acceptors (Lipinski definition) is 17. The van der Waals surface area contributed by atoms with Crippen LogP contribution in [0.2, 0.25) is 0 Å². The van der Waals surface area contributed by atoms with Crippen LogP contribution in [0, 0.1) is 0 Å². The predicted octanol–water partition coefficient (Wildman–Crippen LogP) is -1.53. The number of ether oxygens (including phenoxy) is 5. The Labute approximate surface area is 283 Å². The van der Waals surface area contributed by atoms with Gasteiger partial charge in [0.15, 0.2) is 12.1 Å². The second kappa shape index (κ2) is 13.9. The van der Waals surface area contributed by atoms with Crippen molar-refractivity contribution in [3.05, 3.63) is 52.2 Å². The van der Waals surface area contributed by atoms with Crippen molar-refractivity contribution in [2.24, 2.45) is 0 Å². The highest BCUT2D eigenvalue weighted by atomic mass is 16.7. The van der Waals surface area contributed by atoms with Gasteiger partial charge < -0.3 is 79.2 Å². The molecule has 17 heteroatoms. The lowest BCUT2D eigenvalue weighted by Gasteiger charge is -2.26. The Morgan fingerprint density at radius 1 is 0.700 bits per heavy atom. The molecule has 0 bridgehead atoms. The first-order valence-corrected chi connectivity index (χ1v) is 15.9. The first kappa shape index (κ1) is 36.4. The van der Waals surface area contributed by atoms with Crippen molar-refractivity contribution in [2.45, 2.75) is 113 Å². The summed E-state index contributed by atoms with van der Waals surface area (Å²) in [6.45, 7) is 4.17. The van der Waals surface area contributed by atoms with Crippen LogP contribution in [0.25, 0.3) is 22.3 Å². The fourth-order valence-electron chi connectivity index (χ4n) is 6.50. The minimum Gasteiger partial charge on any atom is -0.508 e. The predicted molar refractivity (Wildman–Crippen MR) is 167 cm³/mol. The van der Waals surface area contributed by atoms with E-state index in [2.05, 4.69) is 0 Å². The van der Waals surface area contributed by atoms with Crippen LogP contribution in [0.5, 0.6) is 17.2 Å². The van der Waals surface area contributed by atoms with Crippen molar-refractivity contribution in [1.82, 2.24) is 0 Å². The molecule has 0 amide bonds. The molecular formula is C33H40O17. The summed E-state index contributed by atoms with van der Waals surface area (Å²) in [6.07, 6.45) is -20.7. The molecule has 1 aromatic heterocycles. The van der Waals surface area contributed by atoms with E-state index < -0.39 is 109 Å². The Morgan fingerprint density at radius 2 is 1.26 bits per heavy atom. The Hall–Kier alpha value is -3.43. The Kier molecular flexibility index (Phi) is 10.1. The molecule has 3 aromatic rings. The topological polar surface area (TPSA) is 279 Å². The van der Waals surface area contributed by atoms with Gasteiger partial charge in [0.05, 0.1) is 18.3 Å².